The first-order valence-corrected chi connectivity index (χ1v) is 6.47. The van der Waals surface area contributed by atoms with E-state index in [-0.39, 0.29) is 0 Å². The molecule has 1 fully saturated rings. The molecule has 1 saturated heterocycles. The zero-order valence-electron chi connectivity index (χ0n) is 7.96. The molecule has 2 unspecified atom stereocenters. The van der Waals surface area contributed by atoms with Crippen LogP contribution >= 0.6 is 10.5 Å². The smallest absolute Gasteiger partial charge is 0.0129 e. The topological polar surface area (TPSA) is 29.3 Å². The third-order valence-electron chi connectivity index (χ3n) is 2.48. The maximum absolute atomic E-state index is 5.46. The van der Waals surface area contributed by atoms with E-state index in [1.165, 1.54) is 26.1 Å². The summed E-state index contributed by atoms with van der Waals surface area (Å²) in [5.74, 6) is 4.11. The van der Waals surface area contributed by atoms with E-state index >= 15 is 0 Å². The molecule has 0 saturated carbocycles. The van der Waals surface area contributed by atoms with Crippen molar-refractivity contribution in [2.75, 3.05) is 32.4 Å². The van der Waals surface area contributed by atoms with Crippen LogP contribution in [0.4, 0.5) is 0 Å². The molecule has 0 aromatic carbocycles. The van der Waals surface area contributed by atoms with Gasteiger partial charge in [0.25, 0.3) is 0 Å². The third kappa shape index (κ3) is 2.88. The maximum atomic E-state index is 5.46. The highest BCUT2D eigenvalue weighted by Gasteiger charge is 2.21. The molecule has 0 spiro atoms. The van der Waals surface area contributed by atoms with E-state index in [1.807, 2.05) is 0 Å². The zero-order chi connectivity index (χ0) is 8.97. The van der Waals surface area contributed by atoms with Crippen LogP contribution in [0.1, 0.15) is 12.8 Å². The van der Waals surface area contributed by atoms with Crippen molar-refractivity contribution in [2.45, 2.75) is 18.1 Å². The lowest BCUT2D eigenvalue weighted by atomic mass is 10.4. The van der Waals surface area contributed by atoms with Crippen molar-refractivity contribution in [2.24, 2.45) is 5.73 Å². The van der Waals surface area contributed by atoms with Crippen molar-refractivity contribution in [1.29, 1.82) is 0 Å². The second-order valence-corrected chi connectivity index (χ2v) is 5.59. The van der Waals surface area contributed by atoms with Gasteiger partial charge in [0.15, 0.2) is 0 Å². The van der Waals surface area contributed by atoms with Gasteiger partial charge < -0.3 is 10.6 Å². The monoisotopic (exact) mass is 188 g/mol. The molecule has 12 heavy (non-hydrogen) atoms. The molecular formula is C9H20N2S. The van der Waals surface area contributed by atoms with Crippen LogP contribution in [0.2, 0.25) is 0 Å². The lowest BCUT2D eigenvalue weighted by Crippen LogP contribution is -2.24. The van der Waals surface area contributed by atoms with Gasteiger partial charge in [-0.3, -0.25) is 0 Å². The van der Waals surface area contributed by atoms with Gasteiger partial charge in [-0.05, 0) is 38.7 Å². The minimum absolute atomic E-state index is 0.360. The molecule has 0 aromatic rings. The lowest BCUT2D eigenvalue weighted by Gasteiger charge is -2.15. The number of nitrogens with two attached hydrogens (primary N) is 1. The molecule has 1 aliphatic heterocycles. The summed E-state index contributed by atoms with van der Waals surface area (Å²) in [4.78, 5) is 2.52. The summed E-state index contributed by atoms with van der Waals surface area (Å²) >= 11 is 0. The fourth-order valence-corrected chi connectivity index (χ4v) is 2.62. The van der Waals surface area contributed by atoms with Crippen molar-refractivity contribution in [3.8, 4) is 0 Å². The van der Waals surface area contributed by atoms with Gasteiger partial charge in [-0.25, -0.2) is 0 Å². The van der Waals surface area contributed by atoms with Crippen LogP contribution in [0.15, 0.2) is 0 Å². The Balaban J connectivity index is 2.21. The highest BCUT2D eigenvalue weighted by molar-refractivity contribution is 8.14. The number of hydrogen-bond donors (Lipinski definition) is 1. The van der Waals surface area contributed by atoms with Gasteiger partial charge in [-0.2, -0.15) is 10.5 Å². The molecule has 0 aliphatic carbocycles. The number of likely N-dealkylation sites (tertiary alicyclic amines) is 1. The first-order valence-electron chi connectivity index (χ1n) is 4.61. The Morgan fingerprint density at radius 2 is 2.42 bits per heavy atom. The number of nitrogens with zero attached hydrogens (tertiary/aromatic N) is 1. The van der Waals surface area contributed by atoms with E-state index in [4.69, 9.17) is 5.73 Å². The van der Waals surface area contributed by atoms with E-state index in [1.54, 1.807) is 0 Å². The highest BCUT2D eigenvalue weighted by atomic mass is 32.2. The van der Waals surface area contributed by atoms with Gasteiger partial charge in [0.05, 0.1) is 0 Å². The Hall–Kier alpha value is 0.140. The van der Waals surface area contributed by atoms with Crippen LogP contribution in [0.3, 0.4) is 0 Å². The minimum atomic E-state index is 0.360. The van der Waals surface area contributed by atoms with Crippen LogP contribution in [0.25, 0.3) is 0 Å². The van der Waals surface area contributed by atoms with Gasteiger partial charge >= 0.3 is 0 Å². The van der Waals surface area contributed by atoms with E-state index in [0.29, 0.717) is 10.5 Å². The maximum Gasteiger partial charge on any atom is 0.0129 e. The summed E-state index contributed by atoms with van der Waals surface area (Å²) in [6.07, 6.45) is 4.73. The van der Waals surface area contributed by atoms with Crippen LogP contribution in [0, 0.1) is 0 Å². The zero-order valence-corrected chi connectivity index (χ0v) is 8.78. The van der Waals surface area contributed by atoms with E-state index < -0.39 is 0 Å². The average Bonchev–Trinajstić information content (AvgIpc) is 2.48. The quantitative estimate of drug-likeness (QED) is 0.659. The molecule has 2 N–H and O–H groups in total. The molecular weight excluding hydrogens is 168 g/mol. The molecule has 2 atom stereocenters. The predicted molar refractivity (Wildman–Crippen MR) is 59.2 cm³/mol. The Morgan fingerprint density at radius 3 is 2.92 bits per heavy atom. The van der Waals surface area contributed by atoms with Gasteiger partial charge in [0.2, 0.25) is 0 Å². The molecule has 0 radical (unpaired) electrons. The van der Waals surface area contributed by atoms with Crippen molar-refractivity contribution >= 4 is 16.4 Å². The van der Waals surface area contributed by atoms with Crippen molar-refractivity contribution in [1.82, 2.24) is 4.90 Å². The van der Waals surface area contributed by atoms with E-state index in [0.717, 1.165) is 18.2 Å². The Morgan fingerprint density at radius 1 is 1.67 bits per heavy atom. The number of hydrogen-bond acceptors (Lipinski definition) is 2. The summed E-state index contributed by atoms with van der Waals surface area (Å²) in [5.41, 5.74) is 5.46. The summed E-state index contributed by atoms with van der Waals surface area (Å²) < 4.78 is 0. The fourth-order valence-electron chi connectivity index (χ4n) is 1.64. The van der Waals surface area contributed by atoms with Crippen LogP contribution in [0.5, 0.6) is 0 Å². The van der Waals surface area contributed by atoms with Gasteiger partial charge in [0, 0.05) is 11.8 Å². The predicted octanol–water partition coefficient (Wildman–Crippen LogP) is 0.740. The molecule has 2 nitrogen and oxygen atoms in total. The first kappa shape index (κ1) is 10.2. The summed E-state index contributed by atoms with van der Waals surface area (Å²) in [6.45, 7) is 4.52. The Bertz CT molecular complexity index is 159. The third-order valence-corrected chi connectivity index (χ3v) is 4.00. The van der Waals surface area contributed by atoms with E-state index in [2.05, 4.69) is 17.0 Å². The molecule has 3 heteroatoms. The second-order valence-electron chi connectivity index (χ2n) is 3.54. The molecule has 1 aliphatic rings. The molecule has 0 aromatic heterocycles. The fraction of sp³-hybridized carbons (Fsp3) is 0.889. The van der Waals surface area contributed by atoms with Crippen molar-refractivity contribution in [3.05, 3.63) is 0 Å². The first-order chi connectivity index (χ1) is 5.74. The molecule has 0 amide bonds. The van der Waals surface area contributed by atoms with E-state index in [9.17, 15) is 0 Å². The number of rotatable bonds is 4. The van der Waals surface area contributed by atoms with Gasteiger partial charge in [-0.15, -0.1) is 0 Å². The molecule has 0 bridgehead atoms. The second kappa shape index (κ2) is 5.00. The van der Waals surface area contributed by atoms with Crippen molar-refractivity contribution < 1.29 is 0 Å². The van der Waals surface area contributed by atoms with Crippen LogP contribution < -0.4 is 5.73 Å². The normalized spacial score (nSPS) is 27.7. The lowest BCUT2D eigenvalue weighted by molar-refractivity contribution is 0.337. The largest absolute Gasteiger partial charge is 0.330 e. The SMILES string of the molecule is C=S(C)C1CCN(CCCN)C1. The van der Waals surface area contributed by atoms with Gasteiger partial charge in [-0.1, -0.05) is 5.87 Å². The average molecular weight is 188 g/mol. The standard InChI is InChI=1S/C9H20N2S/c1-12(2)9-4-7-11(8-9)6-3-5-10/h9H,1,3-8,10H2,2H3. The molecule has 1 heterocycles. The minimum Gasteiger partial charge on any atom is -0.330 e. The van der Waals surface area contributed by atoms with Crippen LogP contribution in [-0.4, -0.2) is 48.5 Å². The summed E-state index contributed by atoms with van der Waals surface area (Å²) in [5, 5.41) is 0.850. The van der Waals surface area contributed by atoms with Crippen molar-refractivity contribution in [3.63, 3.8) is 0 Å². The van der Waals surface area contributed by atoms with Crippen LogP contribution in [-0.2, 0) is 0 Å². The molecule has 72 valence electrons. The summed E-state index contributed by atoms with van der Waals surface area (Å²) in [7, 11) is 0.360. The summed E-state index contributed by atoms with van der Waals surface area (Å²) in [6, 6.07) is 0. The van der Waals surface area contributed by atoms with Gasteiger partial charge in [0.1, 0.15) is 0 Å². The Kier molecular flexibility index (Phi) is 4.26. The highest BCUT2D eigenvalue weighted by Crippen LogP contribution is 2.24. The Labute approximate surface area is 78.0 Å². The molecule has 1 rings (SSSR count).